The van der Waals surface area contributed by atoms with Gasteiger partial charge in [-0.15, -0.1) is 0 Å². The molecule has 3 rings (SSSR count). The van der Waals surface area contributed by atoms with Crippen LogP contribution in [0.25, 0.3) is 0 Å². The molecule has 2 saturated heterocycles. The van der Waals surface area contributed by atoms with Crippen LogP contribution in [0.3, 0.4) is 0 Å². The van der Waals surface area contributed by atoms with E-state index >= 15 is 0 Å². The zero-order valence-corrected chi connectivity index (χ0v) is 20.1. The van der Waals surface area contributed by atoms with Gasteiger partial charge in [-0.05, 0) is 38.5 Å². The van der Waals surface area contributed by atoms with Crippen LogP contribution in [0.5, 0.6) is 0 Å². The molecule has 2 heterocycles. The molecular weight excluding hydrogens is 516 g/mol. The highest BCUT2D eigenvalue weighted by Gasteiger charge is 2.43. The van der Waals surface area contributed by atoms with E-state index in [9.17, 15) is 31.1 Å². The van der Waals surface area contributed by atoms with Gasteiger partial charge in [0.1, 0.15) is 6.10 Å². The first-order chi connectivity index (χ1) is 17.0. The fraction of sp³-hybridized carbons (Fsp3) is 0.591. The molecule has 0 bridgehead atoms. The fourth-order valence-electron chi connectivity index (χ4n) is 3.68. The van der Waals surface area contributed by atoms with E-state index in [0.29, 0.717) is 13.1 Å². The fourth-order valence-corrected chi connectivity index (χ4v) is 3.68. The topological polar surface area (TPSA) is 119 Å². The number of halogens is 6. The third-order valence-corrected chi connectivity index (χ3v) is 5.34. The summed E-state index contributed by atoms with van der Waals surface area (Å²) in [7, 11) is 3.95. The Labute approximate surface area is 209 Å². The quantitative estimate of drug-likeness (QED) is 0.496. The zero-order valence-electron chi connectivity index (χ0n) is 20.1. The highest BCUT2D eigenvalue weighted by Crippen LogP contribution is 2.30. The van der Waals surface area contributed by atoms with E-state index in [0.717, 1.165) is 38.0 Å². The number of alkyl halides is 6. The second-order valence-electron chi connectivity index (χ2n) is 8.52. The number of ether oxygens (including phenoxy) is 1. The number of carboxylic acids is 2. The number of rotatable bonds is 3. The molecule has 37 heavy (non-hydrogen) atoms. The summed E-state index contributed by atoms with van der Waals surface area (Å²) in [6.07, 6.45) is -8.58. The van der Waals surface area contributed by atoms with Crippen molar-refractivity contribution < 1.29 is 55.7 Å². The average Bonchev–Trinajstić information content (AvgIpc) is 2.78. The van der Waals surface area contributed by atoms with E-state index in [-0.39, 0.29) is 17.6 Å². The van der Waals surface area contributed by atoms with Crippen molar-refractivity contribution >= 4 is 17.8 Å². The molecule has 0 radical (unpaired) electrons. The maximum Gasteiger partial charge on any atom is 0.490 e. The Balaban J connectivity index is 0.000000404. The third kappa shape index (κ3) is 11.3. The van der Waals surface area contributed by atoms with Gasteiger partial charge in [0.2, 0.25) is 0 Å². The minimum absolute atomic E-state index is 0.0818. The number of benzene rings is 1. The molecule has 1 spiro atoms. The molecule has 0 aliphatic carbocycles. The molecule has 1 amide bonds. The lowest BCUT2D eigenvalue weighted by atomic mass is 9.89. The summed E-state index contributed by atoms with van der Waals surface area (Å²) in [5.41, 5.74) is 0.982. The predicted molar refractivity (Wildman–Crippen MR) is 118 cm³/mol. The number of morpholine rings is 1. The average molecular weight is 545 g/mol. The minimum Gasteiger partial charge on any atom is -0.475 e. The number of carboxylic acid groups (broad SMARTS) is 2. The molecule has 1 unspecified atom stereocenters. The Morgan fingerprint density at radius 1 is 1.03 bits per heavy atom. The van der Waals surface area contributed by atoms with Crippen LogP contribution >= 0.6 is 0 Å². The van der Waals surface area contributed by atoms with E-state index in [1.165, 1.54) is 0 Å². The Kier molecular flexibility index (Phi) is 11.8. The number of hydrogen-bond acceptors (Lipinski definition) is 6. The smallest absolute Gasteiger partial charge is 0.475 e. The van der Waals surface area contributed by atoms with Crippen LogP contribution in [0.15, 0.2) is 30.3 Å². The van der Waals surface area contributed by atoms with Gasteiger partial charge in [-0.2, -0.15) is 26.3 Å². The second kappa shape index (κ2) is 13.6. The van der Waals surface area contributed by atoms with Crippen LogP contribution in [0.1, 0.15) is 18.4 Å². The van der Waals surface area contributed by atoms with Crippen molar-refractivity contribution in [1.82, 2.24) is 15.1 Å². The molecule has 2 aliphatic heterocycles. The predicted octanol–water partition coefficient (Wildman–Crippen LogP) is 2.36. The molecule has 1 atom stereocenters. The summed E-state index contributed by atoms with van der Waals surface area (Å²) in [5, 5.41) is 17.6. The lowest BCUT2D eigenvalue weighted by molar-refractivity contribution is -0.193. The summed E-state index contributed by atoms with van der Waals surface area (Å²) in [4.78, 5) is 34.7. The van der Waals surface area contributed by atoms with Gasteiger partial charge in [-0.25, -0.2) is 9.59 Å². The van der Waals surface area contributed by atoms with Crippen molar-refractivity contribution in [3.63, 3.8) is 0 Å². The van der Waals surface area contributed by atoms with Crippen LogP contribution in [0.4, 0.5) is 26.3 Å². The van der Waals surface area contributed by atoms with E-state index in [4.69, 9.17) is 24.5 Å². The van der Waals surface area contributed by atoms with Gasteiger partial charge in [-0.1, -0.05) is 30.3 Å². The van der Waals surface area contributed by atoms with E-state index < -0.39 is 24.3 Å². The maximum atomic E-state index is 12.8. The number of carbonyl (C=O) groups is 3. The summed E-state index contributed by atoms with van der Waals surface area (Å²) < 4.78 is 69.8. The molecule has 9 nitrogen and oxygen atoms in total. The molecule has 0 saturated carbocycles. The van der Waals surface area contributed by atoms with Crippen LogP contribution in [0.2, 0.25) is 0 Å². The Morgan fingerprint density at radius 3 is 1.92 bits per heavy atom. The monoisotopic (exact) mass is 545 g/mol. The summed E-state index contributed by atoms with van der Waals surface area (Å²) in [6.45, 7) is 4.15. The highest BCUT2D eigenvalue weighted by atomic mass is 19.4. The lowest BCUT2D eigenvalue weighted by Gasteiger charge is -2.47. The molecule has 2 fully saturated rings. The van der Waals surface area contributed by atoms with Gasteiger partial charge in [0.15, 0.2) is 0 Å². The number of piperidine rings is 1. The Hall–Kier alpha value is -2.91. The van der Waals surface area contributed by atoms with Gasteiger partial charge in [0.05, 0.1) is 5.60 Å². The lowest BCUT2D eigenvalue weighted by Crippen LogP contribution is -2.61. The number of nitrogens with one attached hydrogen (secondary N) is 1. The van der Waals surface area contributed by atoms with E-state index in [1.54, 1.807) is 4.90 Å². The van der Waals surface area contributed by atoms with E-state index in [2.05, 4.69) is 17.3 Å². The van der Waals surface area contributed by atoms with Crippen molar-refractivity contribution in [1.29, 1.82) is 0 Å². The van der Waals surface area contributed by atoms with Gasteiger partial charge < -0.3 is 30.1 Å². The Morgan fingerprint density at radius 2 is 1.49 bits per heavy atom. The van der Waals surface area contributed by atoms with Crippen molar-refractivity contribution in [3.8, 4) is 0 Å². The van der Waals surface area contributed by atoms with Gasteiger partial charge >= 0.3 is 24.3 Å². The summed E-state index contributed by atoms with van der Waals surface area (Å²) >= 11 is 0. The van der Waals surface area contributed by atoms with Crippen LogP contribution in [-0.4, -0.2) is 102 Å². The first kappa shape index (κ1) is 32.1. The molecule has 0 aromatic heterocycles. The molecule has 210 valence electrons. The van der Waals surface area contributed by atoms with Gasteiger partial charge in [0.25, 0.3) is 5.91 Å². The van der Waals surface area contributed by atoms with Gasteiger partial charge in [0, 0.05) is 26.7 Å². The molecular formula is C22H29F6N3O6. The Bertz CT molecular complexity index is 867. The summed E-state index contributed by atoms with van der Waals surface area (Å²) in [5.74, 6) is -5.43. The molecule has 1 aromatic carbocycles. The molecule has 15 heteroatoms. The molecule has 2 aliphatic rings. The SMILES string of the molecule is CN1CC(C(=O)N(C)Cc2ccccc2)OC2(CCNCC2)C1.O=C(O)C(F)(F)F.O=C(O)C(F)(F)F. The molecule has 1 aromatic rings. The number of nitrogens with zero attached hydrogens (tertiary/aromatic N) is 2. The van der Waals surface area contributed by atoms with Crippen molar-refractivity contribution in [2.75, 3.05) is 40.3 Å². The van der Waals surface area contributed by atoms with Crippen molar-refractivity contribution in [2.45, 2.75) is 43.4 Å². The normalized spacial score (nSPS) is 19.5. The zero-order chi connectivity index (χ0) is 28.4. The largest absolute Gasteiger partial charge is 0.490 e. The molecule has 3 N–H and O–H groups in total. The second-order valence-corrected chi connectivity index (χ2v) is 8.52. The minimum atomic E-state index is -5.08. The number of hydrogen-bond donors (Lipinski definition) is 3. The van der Waals surface area contributed by atoms with Crippen LogP contribution in [0, 0.1) is 0 Å². The standard InChI is InChI=1S/C18H27N3O2.2C2HF3O2/c1-20-13-16(23-18(14-20)8-10-19-11-9-18)17(22)21(2)12-15-6-4-3-5-7-15;2*3-2(4,5)1(6)7/h3-7,16,19H,8-14H2,1-2H3;2*(H,6,7). The number of carbonyl (C=O) groups excluding carboxylic acids is 1. The number of amides is 1. The van der Waals surface area contributed by atoms with Crippen molar-refractivity contribution in [3.05, 3.63) is 35.9 Å². The highest BCUT2D eigenvalue weighted by molar-refractivity contribution is 5.81. The summed E-state index contributed by atoms with van der Waals surface area (Å²) in [6, 6.07) is 10.1. The number of likely N-dealkylation sites (N-methyl/N-ethyl adjacent to an activating group) is 2. The van der Waals surface area contributed by atoms with E-state index in [1.807, 2.05) is 37.4 Å². The van der Waals surface area contributed by atoms with Gasteiger partial charge in [-0.3, -0.25) is 4.79 Å². The van der Waals surface area contributed by atoms with Crippen molar-refractivity contribution in [2.24, 2.45) is 0 Å². The van der Waals surface area contributed by atoms with Crippen LogP contribution in [-0.2, 0) is 25.7 Å². The number of aliphatic carboxylic acids is 2. The van der Waals surface area contributed by atoms with Crippen LogP contribution < -0.4 is 5.32 Å². The first-order valence-corrected chi connectivity index (χ1v) is 10.9. The first-order valence-electron chi connectivity index (χ1n) is 10.9. The third-order valence-electron chi connectivity index (χ3n) is 5.34. The maximum absolute atomic E-state index is 12.8.